The second-order valence-corrected chi connectivity index (χ2v) is 6.59. The number of anilines is 1. The first-order valence-corrected chi connectivity index (χ1v) is 8.98. The van der Waals surface area contributed by atoms with Crippen LogP contribution in [0.4, 0.5) is 5.69 Å². The van der Waals surface area contributed by atoms with Crippen molar-refractivity contribution in [3.8, 4) is 0 Å². The summed E-state index contributed by atoms with van der Waals surface area (Å²) >= 11 is 1.37. The van der Waals surface area contributed by atoms with Gasteiger partial charge in [0, 0.05) is 24.9 Å². The number of ketones is 1. The number of Topliss-reactive ketones (excluding diaryl/α,β-unsaturated/α-hetero) is 1. The zero-order chi connectivity index (χ0) is 18.4. The van der Waals surface area contributed by atoms with Gasteiger partial charge in [-0.05, 0) is 32.9 Å². The Morgan fingerprint density at radius 3 is 2.68 bits per heavy atom. The first kappa shape index (κ1) is 19.2. The largest absolute Gasteiger partial charge is 0.383 e. The molecule has 134 valence electrons. The maximum Gasteiger partial charge on any atom is 0.234 e. The molecule has 25 heavy (non-hydrogen) atoms. The molecule has 6 nitrogen and oxygen atoms in total. The van der Waals surface area contributed by atoms with E-state index in [0.29, 0.717) is 24.4 Å². The van der Waals surface area contributed by atoms with Crippen LogP contribution >= 0.6 is 11.8 Å². The summed E-state index contributed by atoms with van der Waals surface area (Å²) in [6.07, 6.45) is 0. The number of ether oxygens (including phenoxy) is 1. The number of hydrogen-bond donors (Lipinski definition) is 1. The predicted octanol–water partition coefficient (Wildman–Crippen LogP) is 3.08. The third-order valence-electron chi connectivity index (χ3n) is 3.85. The number of aromatic nitrogens is 2. The highest BCUT2D eigenvalue weighted by atomic mass is 32.2. The van der Waals surface area contributed by atoms with E-state index in [4.69, 9.17) is 4.74 Å². The van der Waals surface area contributed by atoms with Crippen LogP contribution in [0.1, 0.15) is 28.7 Å². The first-order chi connectivity index (χ1) is 11.9. The number of rotatable bonds is 8. The molecular weight excluding hydrogens is 338 g/mol. The number of nitrogens with zero attached hydrogens (tertiary/aromatic N) is 2. The smallest absolute Gasteiger partial charge is 0.234 e. The van der Waals surface area contributed by atoms with Crippen LogP contribution in [-0.4, -0.2) is 40.7 Å². The number of amides is 1. The average molecular weight is 361 g/mol. The summed E-state index contributed by atoms with van der Waals surface area (Å²) in [5, 5.41) is 3.60. The van der Waals surface area contributed by atoms with Gasteiger partial charge in [0.1, 0.15) is 0 Å². The van der Waals surface area contributed by atoms with Gasteiger partial charge in [0.2, 0.25) is 5.91 Å². The maximum atomic E-state index is 12.3. The molecule has 0 aliphatic rings. The number of thioether (sulfide) groups is 1. The number of hydrogen-bond acceptors (Lipinski definition) is 5. The van der Waals surface area contributed by atoms with Gasteiger partial charge in [-0.3, -0.25) is 9.59 Å². The van der Waals surface area contributed by atoms with Gasteiger partial charge in [-0.15, -0.1) is 0 Å². The summed E-state index contributed by atoms with van der Waals surface area (Å²) in [4.78, 5) is 28.4. The van der Waals surface area contributed by atoms with Gasteiger partial charge in [-0.25, -0.2) is 4.98 Å². The van der Waals surface area contributed by atoms with Crippen LogP contribution < -0.4 is 5.32 Å². The molecule has 1 aromatic heterocycles. The molecule has 2 aromatic rings. The average Bonchev–Trinajstić information content (AvgIpc) is 2.85. The van der Waals surface area contributed by atoms with Crippen molar-refractivity contribution in [1.29, 1.82) is 0 Å². The van der Waals surface area contributed by atoms with Crippen molar-refractivity contribution < 1.29 is 14.3 Å². The molecule has 0 aliphatic carbocycles. The fourth-order valence-electron chi connectivity index (χ4n) is 2.40. The van der Waals surface area contributed by atoms with E-state index in [2.05, 4.69) is 14.9 Å². The molecular formula is C18H23N3O3S. The minimum atomic E-state index is -0.171. The lowest BCUT2D eigenvalue weighted by Gasteiger charge is -2.10. The highest BCUT2D eigenvalue weighted by Crippen LogP contribution is 2.22. The lowest BCUT2D eigenvalue weighted by Crippen LogP contribution is -2.17. The fraction of sp³-hybridized carbons (Fsp3) is 0.389. The highest BCUT2D eigenvalue weighted by Gasteiger charge is 2.14. The summed E-state index contributed by atoms with van der Waals surface area (Å²) in [7, 11) is 1.66. The third kappa shape index (κ3) is 4.93. The minimum absolute atomic E-state index is 0.0788. The molecule has 0 saturated heterocycles. The molecule has 1 N–H and O–H groups in total. The predicted molar refractivity (Wildman–Crippen MR) is 99.4 cm³/mol. The van der Waals surface area contributed by atoms with Crippen molar-refractivity contribution in [2.45, 2.75) is 32.5 Å². The number of nitrogens with one attached hydrogen (secondary N) is 1. The van der Waals surface area contributed by atoms with Crippen molar-refractivity contribution in [2.24, 2.45) is 0 Å². The zero-order valence-corrected chi connectivity index (χ0v) is 15.8. The minimum Gasteiger partial charge on any atom is -0.383 e. The van der Waals surface area contributed by atoms with Gasteiger partial charge in [-0.2, -0.15) is 0 Å². The highest BCUT2D eigenvalue weighted by molar-refractivity contribution is 7.99. The van der Waals surface area contributed by atoms with E-state index in [1.807, 2.05) is 13.8 Å². The van der Waals surface area contributed by atoms with E-state index in [1.54, 1.807) is 31.4 Å². The Kier molecular flexibility index (Phi) is 6.78. The van der Waals surface area contributed by atoms with Crippen LogP contribution in [0.5, 0.6) is 0 Å². The van der Waals surface area contributed by atoms with Gasteiger partial charge in [0.15, 0.2) is 10.9 Å². The van der Waals surface area contributed by atoms with Crippen molar-refractivity contribution in [3.05, 3.63) is 41.2 Å². The first-order valence-electron chi connectivity index (χ1n) is 7.99. The lowest BCUT2D eigenvalue weighted by molar-refractivity contribution is -0.113. The summed E-state index contributed by atoms with van der Waals surface area (Å²) < 4.78 is 7.19. The monoisotopic (exact) mass is 361 g/mol. The van der Waals surface area contributed by atoms with E-state index in [0.717, 1.165) is 16.5 Å². The molecule has 0 spiro atoms. The fourth-order valence-corrected chi connectivity index (χ4v) is 3.31. The maximum absolute atomic E-state index is 12.3. The molecule has 1 heterocycles. The van der Waals surface area contributed by atoms with Gasteiger partial charge in [0.25, 0.3) is 0 Å². The number of para-hydroxylation sites is 1. The molecule has 0 fully saturated rings. The molecule has 2 rings (SSSR count). The Hall–Kier alpha value is -2.12. The van der Waals surface area contributed by atoms with Crippen molar-refractivity contribution in [1.82, 2.24) is 9.55 Å². The van der Waals surface area contributed by atoms with Crippen LogP contribution in [-0.2, 0) is 16.1 Å². The Morgan fingerprint density at radius 1 is 1.28 bits per heavy atom. The van der Waals surface area contributed by atoms with Crippen LogP contribution in [0, 0.1) is 13.8 Å². The summed E-state index contributed by atoms with van der Waals surface area (Å²) in [6, 6.07) is 7.00. The normalized spacial score (nSPS) is 10.7. The van der Waals surface area contributed by atoms with Gasteiger partial charge < -0.3 is 14.6 Å². The van der Waals surface area contributed by atoms with Gasteiger partial charge in [0.05, 0.1) is 23.7 Å². The third-order valence-corrected chi connectivity index (χ3v) is 4.83. The quantitative estimate of drug-likeness (QED) is 0.578. The van der Waals surface area contributed by atoms with Crippen LogP contribution in [0.25, 0.3) is 0 Å². The van der Waals surface area contributed by atoms with Crippen molar-refractivity contribution >= 4 is 29.1 Å². The van der Waals surface area contributed by atoms with Crippen LogP contribution in [0.15, 0.2) is 29.4 Å². The topological polar surface area (TPSA) is 73.2 Å². The second kappa shape index (κ2) is 8.82. The van der Waals surface area contributed by atoms with Gasteiger partial charge in [-0.1, -0.05) is 23.9 Å². The Morgan fingerprint density at radius 2 is 2.00 bits per heavy atom. The molecule has 0 saturated carbocycles. The molecule has 0 radical (unpaired) electrons. The van der Waals surface area contributed by atoms with Gasteiger partial charge >= 0.3 is 0 Å². The molecule has 0 unspecified atom stereocenters. The van der Waals surface area contributed by atoms with Crippen LogP contribution in [0.2, 0.25) is 0 Å². The SMILES string of the molecule is COCCn1c(SCC(=O)Nc2ccccc2C(C)=O)nc(C)c1C. The zero-order valence-electron chi connectivity index (χ0n) is 15.0. The van der Waals surface area contributed by atoms with E-state index in [9.17, 15) is 9.59 Å². The lowest BCUT2D eigenvalue weighted by atomic mass is 10.1. The molecule has 0 aliphatic heterocycles. The number of aryl methyl sites for hydroxylation is 1. The van der Waals surface area contributed by atoms with Crippen molar-refractivity contribution in [3.63, 3.8) is 0 Å². The Bertz CT molecular complexity index is 771. The molecule has 0 atom stereocenters. The summed E-state index contributed by atoms with van der Waals surface area (Å²) in [6.45, 7) is 6.72. The molecule has 1 aromatic carbocycles. The van der Waals surface area contributed by atoms with E-state index >= 15 is 0 Å². The summed E-state index contributed by atoms with van der Waals surface area (Å²) in [5.74, 6) is -0.0324. The summed E-state index contributed by atoms with van der Waals surface area (Å²) in [5.41, 5.74) is 3.06. The van der Waals surface area contributed by atoms with E-state index in [-0.39, 0.29) is 17.4 Å². The number of benzene rings is 1. The van der Waals surface area contributed by atoms with E-state index in [1.165, 1.54) is 18.7 Å². The second-order valence-electron chi connectivity index (χ2n) is 5.65. The van der Waals surface area contributed by atoms with Crippen molar-refractivity contribution in [2.75, 3.05) is 24.8 Å². The Labute approximate surface area is 152 Å². The Balaban J connectivity index is 2.04. The number of carbonyl (C=O) groups excluding carboxylic acids is 2. The molecule has 0 bridgehead atoms. The standard InChI is InChI=1S/C18H23N3O3S/c1-12-13(2)21(9-10-24-4)18(19-12)25-11-17(23)20-16-8-6-5-7-15(16)14(3)22/h5-8H,9-11H2,1-4H3,(H,20,23). The number of imidazole rings is 1. The van der Waals surface area contributed by atoms with E-state index < -0.39 is 0 Å². The number of methoxy groups -OCH3 is 1. The number of carbonyl (C=O) groups is 2. The molecule has 1 amide bonds. The molecule has 7 heteroatoms. The van der Waals surface area contributed by atoms with Crippen LogP contribution in [0.3, 0.4) is 0 Å².